The van der Waals surface area contributed by atoms with Gasteiger partial charge in [-0.15, -0.1) is 0 Å². The fraction of sp³-hybridized carbons (Fsp3) is 0.381. The van der Waals surface area contributed by atoms with Crippen molar-refractivity contribution in [2.45, 2.75) is 46.3 Å². The molecule has 0 fully saturated rings. The third-order valence-electron chi connectivity index (χ3n) is 4.40. The van der Waals surface area contributed by atoms with E-state index in [0.717, 1.165) is 12.0 Å². The molecule has 0 aliphatic rings. The molecule has 2 aromatic carbocycles. The highest BCUT2D eigenvalue weighted by Crippen LogP contribution is 2.27. The Kier molecular flexibility index (Phi) is 6.45. The summed E-state index contributed by atoms with van der Waals surface area (Å²) in [7, 11) is 1.58. The van der Waals surface area contributed by atoms with Crippen molar-refractivity contribution in [3.05, 3.63) is 59.2 Å². The average molecular weight is 341 g/mol. The summed E-state index contributed by atoms with van der Waals surface area (Å²) in [4.78, 5) is 12.6. The molecule has 2 rings (SSSR count). The molecule has 2 aromatic rings. The maximum atomic E-state index is 12.6. The van der Waals surface area contributed by atoms with E-state index in [1.165, 1.54) is 11.1 Å². The van der Waals surface area contributed by atoms with E-state index in [0.29, 0.717) is 11.5 Å². The van der Waals surface area contributed by atoms with Crippen molar-refractivity contribution < 1.29 is 14.3 Å². The molecular weight excluding hydrogens is 314 g/mol. The zero-order valence-corrected chi connectivity index (χ0v) is 15.6. The smallest absolute Gasteiger partial charge is 0.261 e. The third kappa shape index (κ3) is 4.75. The predicted octanol–water partition coefficient (Wildman–Crippen LogP) is 4.35. The Morgan fingerprint density at radius 2 is 1.76 bits per heavy atom. The Labute approximate surface area is 150 Å². The van der Waals surface area contributed by atoms with Crippen LogP contribution >= 0.6 is 0 Å². The van der Waals surface area contributed by atoms with Gasteiger partial charge in [0.05, 0.1) is 13.2 Å². The van der Waals surface area contributed by atoms with Crippen LogP contribution in [0.25, 0.3) is 0 Å². The number of aryl methyl sites for hydroxylation is 2. The van der Waals surface area contributed by atoms with Gasteiger partial charge in [0.2, 0.25) is 0 Å². The van der Waals surface area contributed by atoms with Crippen LogP contribution in [0.4, 0.5) is 0 Å². The summed E-state index contributed by atoms with van der Waals surface area (Å²) in [5.74, 6) is 1.03. The van der Waals surface area contributed by atoms with Gasteiger partial charge in [0.1, 0.15) is 0 Å². The van der Waals surface area contributed by atoms with Crippen molar-refractivity contribution in [1.82, 2.24) is 5.32 Å². The quantitative estimate of drug-likeness (QED) is 0.814. The lowest BCUT2D eigenvalue weighted by Gasteiger charge is -2.22. The maximum Gasteiger partial charge on any atom is 0.261 e. The first-order valence-corrected chi connectivity index (χ1v) is 8.63. The van der Waals surface area contributed by atoms with Crippen molar-refractivity contribution >= 4 is 5.91 Å². The van der Waals surface area contributed by atoms with Gasteiger partial charge >= 0.3 is 0 Å². The van der Waals surface area contributed by atoms with Gasteiger partial charge in [-0.25, -0.2) is 0 Å². The lowest BCUT2D eigenvalue weighted by Crippen LogP contribution is -2.38. The standard InChI is InChI=1S/C21H27NO3/c1-6-18(17-12-11-14(2)15(3)13-17)22-21(23)16(4)25-20-10-8-7-9-19(20)24-5/h7-13,16,18H,6H2,1-5H3,(H,22,23)/t16-,18+/m0/s1. The van der Waals surface area contributed by atoms with Gasteiger partial charge in [0, 0.05) is 0 Å². The van der Waals surface area contributed by atoms with Gasteiger partial charge in [0.15, 0.2) is 17.6 Å². The minimum absolute atomic E-state index is 0.0319. The van der Waals surface area contributed by atoms with E-state index in [4.69, 9.17) is 9.47 Å². The lowest BCUT2D eigenvalue weighted by molar-refractivity contribution is -0.128. The van der Waals surface area contributed by atoms with E-state index in [2.05, 4.69) is 44.3 Å². The average Bonchev–Trinajstić information content (AvgIpc) is 2.62. The number of para-hydroxylation sites is 2. The van der Waals surface area contributed by atoms with Crippen LogP contribution in [0.15, 0.2) is 42.5 Å². The van der Waals surface area contributed by atoms with Gasteiger partial charge < -0.3 is 14.8 Å². The number of nitrogens with one attached hydrogen (secondary N) is 1. The first-order valence-electron chi connectivity index (χ1n) is 8.63. The molecule has 1 amide bonds. The van der Waals surface area contributed by atoms with Crippen LogP contribution in [0.2, 0.25) is 0 Å². The van der Waals surface area contributed by atoms with Crippen LogP contribution in [0, 0.1) is 13.8 Å². The summed E-state index contributed by atoms with van der Waals surface area (Å²) in [5.41, 5.74) is 3.59. The molecular formula is C21H27NO3. The molecule has 0 saturated heterocycles. The molecule has 0 spiro atoms. The van der Waals surface area contributed by atoms with Crippen molar-refractivity contribution in [3.8, 4) is 11.5 Å². The zero-order chi connectivity index (χ0) is 18.4. The first kappa shape index (κ1) is 18.8. The summed E-state index contributed by atoms with van der Waals surface area (Å²) in [5, 5.41) is 3.08. The maximum absolute atomic E-state index is 12.6. The molecule has 0 bridgehead atoms. The number of hydrogen-bond donors (Lipinski definition) is 1. The molecule has 134 valence electrons. The molecule has 0 saturated carbocycles. The Morgan fingerprint density at radius 3 is 2.36 bits per heavy atom. The number of benzene rings is 2. The molecule has 0 aliphatic heterocycles. The molecule has 0 unspecified atom stereocenters. The Morgan fingerprint density at radius 1 is 1.08 bits per heavy atom. The fourth-order valence-corrected chi connectivity index (χ4v) is 2.65. The van der Waals surface area contributed by atoms with Crippen LogP contribution < -0.4 is 14.8 Å². The van der Waals surface area contributed by atoms with Crippen molar-refractivity contribution in [2.24, 2.45) is 0 Å². The third-order valence-corrected chi connectivity index (χ3v) is 4.40. The number of methoxy groups -OCH3 is 1. The number of hydrogen-bond acceptors (Lipinski definition) is 3. The van der Waals surface area contributed by atoms with Gasteiger partial charge in [0.25, 0.3) is 5.91 Å². The van der Waals surface area contributed by atoms with Gasteiger partial charge in [-0.1, -0.05) is 37.3 Å². The predicted molar refractivity (Wildman–Crippen MR) is 100 cm³/mol. The number of amides is 1. The van der Waals surface area contributed by atoms with Crippen LogP contribution in [-0.2, 0) is 4.79 Å². The second kappa shape index (κ2) is 8.56. The van der Waals surface area contributed by atoms with Crippen LogP contribution in [0.3, 0.4) is 0 Å². The topological polar surface area (TPSA) is 47.6 Å². The van der Waals surface area contributed by atoms with E-state index in [-0.39, 0.29) is 11.9 Å². The van der Waals surface area contributed by atoms with E-state index in [1.54, 1.807) is 20.1 Å². The van der Waals surface area contributed by atoms with E-state index >= 15 is 0 Å². The zero-order valence-electron chi connectivity index (χ0n) is 15.6. The minimum Gasteiger partial charge on any atom is -0.493 e. The summed E-state index contributed by atoms with van der Waals surface area (Å²) in [6.07, 6.45) is 0.201. The van der Waals surface area contributed by atoms with Crippen LogP contribution in [-0.4, -0.2) is 19.1 Å². The van der Waals surface area contributed by atoms with Crippen molar-refractivity contribution in [1.29, 1.82) is 0 Å². The minimum atomic E-state index is -0.614. The molecule has 2 atom stereocenters. The molecule has 0 aromatic heterocycles. The first-order chi connectivity index (χ1) is 12.0. The second-order valence-corrected chi connectivity index (χ2v) is 6.22. The highest BCUT2D eigenvalue weighted by atomic mass is 16.5. The SMILES string of the molecule is CC[C@@H](NC(=O)[C@H](C)Oc1ccccc1OC)c1ccc(C)c(C)c1. The molecule has 4 nitrogen and oxygen atoms in total. The molecule has 25 heavy (non-hydrogen) atoms. The summed E-state index contributed by atoms with van der Waals surface area (Å²) < 4.78 is 11.1. The summed E-state index contributed by atoms with van der Waals surface area (Å²) in [6, 6.07) is 13.6. The highest BCUT2D eigenvalue weighted by molar-refractivity contribution is 5.81. The molecule has 4 heteroatoms. The van der Waals surface area contributed by atoms with Crippen molar-refractivity contribution in [3.63, 3.8) is 0 Å². The fourth-order valence-electron chi connectivity index (χ4n) is 2.65. The van der Waals surface area contributed by atoms with Gasteiger partial charge in [-0.05, 0) is 56.0 Å². The molecule has 0 aliphatic carbocycles. The van der Waals surface area contributed by atoms with E-state index in [9.17, 15) is 4.79 Å². The van der Waals surface area contributed by atoms with Crippen molar-refractivity contribution in [2.75, 3.05) is 7.11 Å². The summed E-state index contributed by atoms with van der Waals surface area (Å²) >= 11 is 0. The Balaban J connectivity index is 2.06. The summed E-state index contributed by atoms with van der Waals surface area (Å²) in [6.45, 7) is 7.98. The van der Waals surface area contributed by atoms with Gasteiger partial charge in [-0.3, -0.25) is 4.79 Å². The van der Waals surface area contributed by atoms with E-state index < -0.39 is 6.10 Å². The molecule has 1 N–H and O–H groups in total. The lowest BCUT2D eigenvalue weighted by atomic mass is 9.99. The normalized spacial score (nSPS) is 13.0. The van der Waals surface area contributed by atoms with Gasteiger partial charge in [-0.2, -0.15) is 0 Å². The Hall–Kier alpha value is -2.49. The number of ether oxygens (including phenoxy) is 2. The molecule has 0 radical (unpaired) electrons. The number of rotatable bonds is 7. The van der Waals surface area contributed by atoms with Crippen LogP contribution in [0.1, 0.15) is 43.0 Å². The van der Waals surface area contributed by atoms with E-state index in [1.807, 2.05) is 18.2 Å². The highest BCUT2D eigenvalue weighted by Gasteiger charge is 2.20. The monoisotopic (exact) mass is 341 g/mol. The van der Waals surface area contributed by atoms with Crippen LogP contribution in [0.5, 0.6) is 11.5 Å². The number of carbonyl (C=O) groups excluding carboxylic acids is 1. The molecule has 0 heterocycles. The number of carbonyl (C=O) groups is 1. The second-order valence-electron chi connectivity index (χ2n) is 6.22. The largest absolute Gasteiger partial charge is 0.493 e. The Bertz CT molecular complexity index is 727.